The monoisotopic (exact) mass is 385 g/mol. The first-order valence-corrected chi connectivity index (χ1v) is 8.84. The van der Waals surface area contributed by atoms with Crippen LogP contribution in [0.2, 0.25) is 0 Å². The van der Waals surface area contributed by atoms with Crippen molar-refractivity contribution in [2.24, 2.45) is 5.73 Å². The van der Waals surface area contributed by atoms with Crippen LogP contribution in [0, 0.1) is 0 Å². The number of nitrogens with two attached hydrogens (primary N) is 1. The second-order valence-corrected chi connectivity index (χ2v) is 7.24. The first-order valence-electron chi connectivity index (χ1n) is 6.35. The van der Waals surface area contributed by atoms with E-state index in [9.17, 15) is 4.79 Å². The van der Waals surface area contributed by atoms with Crippen molar-refractivity contribution in [3.05, 3.63) is 51.8 Å². The molecule has 1 heterocycles. The predicted molar refractivity (Wildman–Crippen MR) is 74.8 cm³/mol. The number of amides is 1. The van der Waals surface area contributed by atoms with Gasteiger partial charge in [-0.15, -0.1) is 0 Å². The Morgan fingerprint density at radius 2 is 2.10 bits per heavy atom. The van der Waals surface area contributed by atoms with Crippen molar-refractivity contribution in [1.29, 1.82) is 0 Å². The summed E-state index contributed by atoms with van der Waals surface area (Å²) in [5, 5.41) is 2.68. The topological polar surface area (TPSA) is 64.3 Å². The molecular weight excluding hydrogens is 367 g/mol. The van der Waals surface area contributed by atoms with Gasteiger partial charge in [0.05, 0.1) is 0 Å². The van der Waals surface area contributed by atoms with Crippen LogP contribution in [0.25, 0.3) is 0 Å². The number of benzene rings is 1. The molecule has 0 aromatic heterocycles. The van der Waals surface area contributed by atoms with Crippen LogP contribution in [0.1, 0.15) is 18.5 Å². The van der Waals surface area contributed by atoms with Gasteiger partial charge in [-0.05, 0) is 0 Å². The second kappa shape index (κ2) is 6.90. The Kier molecular flexibility index (Phi) is 5.19. The van der Waals surface area contributed by atoms with Gasteiger partial charge in [0.25, 0.3) is 0 Å². The molecule has 1 aromatic rings. The molecule has 5 heteroatoms. The van der Waals surface area contributed by atoms with Gasteiger partial charge in [-0.1, -0.05) is 0 Å². The Morgan fingerprint density at radius 3 is 2.70 bits per heavy atom. The minimum atomic E-state index is -0.281. The summed E-state index contributed by atoms with van der Waals surface area (Å²) in [6.45, 7) is 1.94. The van der Waals surface area contributed by atoms with E-state index in [4.69, 9.17) is 10.5 Å². The molecule has 108 valence electrons. The van der Waals surface area contributed by atoms with Gasteiger partial charge in [-0.3, -0.25) is 0 Å². The van der Waals surface area contributed by atoms with Crippen molar-refractivity contribution in [3.8, 4) is 5.75 Å². The molecule has 1 unspecified atom stereocenters. The number of hydrogen-bond donors (Lipinski definition) is 2. The average Bonchev–Trinajstić information content (AvgIpc) is 2.47. The molecule has 0 bridgehead atoms. The summed E-state index contributed by atoms with van der Waals surface area (Å²) < 4.78 is 7.79. The standard InChI is InChI=1S/C15H18IN2O2/c1-10(17)11-3-5-12(6-4-11)20-13-7-8-16-14(9-13)15(19)18-2/h3-10,14H,17H2,1-2H3,(H,18,19)/q-1/t10-,14?/m0/s1. The summed E-state index contributed by atoms with van der Waals surface area (Å²) in [7, 11) is 1.66. The van der Waals surface area contributed by atoms with Crippen LogP contribution >= 0.6 is 0 Å². The third kappa shape index (κ3) is 3.83. The fourth-order valence-corrected chi connectivity index (χ4v) is 3.94. The van der Waals surface area contributed by atoms with Crippen LogP contribution in [0.5, 0.6) is 5.75 Å². The van der Waals surface area contributed by atoms with Crippen molar-refractivity contribution < 1.29 is 30.7 Å². The first kappa shape index (κ1) is 15.1. The van der Waals surface area contributed by atoms with E-state index in [1.54, 1.807) is 7.05 Å². The van der Waals surface area contributed by atoms with Gasteiger partial charge in [-0.2, -0.15) is 0 Å². The Morgan fingerprint density at radius 1 is 1.40 bits per heavy atom. The van der Waals surface area contributed by atoms with Crippen molar-refractivity contribution in [2.45, 2.75) is 16.9 Å². The maximum absolute atomic E-state index is 11.7. The van der Waals surface area contributed by atoms with E-state index < -0.39 is 0 Å². The minimum absolute atomic E-state index is 0.0141. The molecule has 1 aliphatic heterocycles. The van der Waals surface area contributed by atoms with Gasteiger partial charge in [0.1, 0.15) is 0 Å². The van der Waals surface area contributed by atoms with Crippen LogP contribution in [0.15, 0.2) is 46.3 Å². The zero-order valence-corrected chi connectivity index (χ0v) is 13.6. The van der Waals surface area contributed by atoms with Crippen LogP contribution < -0.4 is 37.0 Å². The fourth-order valence-electron chi connectivity index (χ4n) is 1.73. The van der Waals surface area contributed by atoms with Gasteiger partial charge in [0, 0.05) is 0 Å². The van der Waals surface area contributed by atoms with Crippen molar-refractivity contribution in [3.63, 3.8) is 0 Å². The molecule has 3 N–H and O–H groups in total. The Hall–Kier alpha value is -1.34. The third-order valence-corrected chi connectivity index (χ3v) is 5.36. The summed E-state index contributed by atoms with van der Waals surface area (Å²) in [4.78, 5) is 11.7. The second-order valence-electron chi connectivity index (χ2n) is 4.46. The number of carbonyl (C=O) groups is 1. The summed E-state index contributed by atoms with van der Waals surface area (Å²) in [5.74, 6) is 1.52. The molecule has 0 saturated heterocycles. The van der Waals surface area contributed by atoms with Crippen molar-refractivity contribution >= 4 is 5.91 Å². The molecule has 0 spiro atoms. The van der Waals surface area contributed by atoms with Crippen molar-refractivity contribution in [2.75, 3.05) is 7.05 Å². The van der Waals surface area contributed by atoms with E-state index in [1.807, 2.05) is 43.3 Å². The van der Waals surface area contributed by atoms with E-state index in [0.717, 1.165) is 17.1 Å². The molecule has 1 amide bonds. The summed E-state index contributed by atoms with van der Waals surface area (Å²) in [6.07, 6.45) is 3.83. The molecule has 2 rings (SSSR count). The molecule has 1 aliphatic rings. The predicted octanol–water partition coefficient (Wildman–Crippen LogP) is -1.30. The fraction of sp³-hybridized carbons (Fsp3) is 0.267. The Bertz CT molecular complexity index is 535. The van der Waals surface area contributed by atoms with E-state index in [0.29, 0.717) is 0 Å². The van der Waals surface area contributed by atoms with Gasteiger partial charge < -0.3 is 0 Å². The normalized spacial score (nSPS) is 19.6. The van der Waals surface area contributed by atoms with E-state index in [1.165, 1.54) is 0 Å². The Balaban J connectivity index is 2.07. The van der Waals surface area contributed by atoms with Crippen LogP contribution in [0.3, 0.4) is 0 Å². The molecule has 4 nitrogen and oxygen atoms in total. The van der Waals surface area contributed by atoms with Gasteiger partial charge in [0.2, 0.25) is 0 Å². The van der Waals surface area contributed by atoms with Gasteiger partial charge in [-0.25, -0.2) is 0 Å². The van der Waals surface area contributed by atoms with E-state index >= 15 is 0 Å². The summed E-state index contributed by atoms with van der Waals surface area (Å²) in [5.41, 5.74) is 6.88. The third-order valence-electron chi connectivity index (χ3n) is 2.88. The first-order chi connectivity index (χ1) is 9.60. The maximum atomic E-state index is 11.7. The van der Waals surface area contributed by atoms with E-state index in [-0.39, 0.29) is 37.1 Å². The zero-order valence-electron chi connectivity index (χ0n) is 11.5. The summed E-state index contributed by atoms with van der Waals surface area (Å²) in [6, 6.07) is 7.71. The van der Waals surface area contributed by atoms with Gasteiger partial charge >= 0.3 is 129 Å². The van der Waals surface area contributed by atoms with Crippen LogP contribution in [0.4, 0.5) is 0 Å². The number of carbonyl (C=O) groups excluding carboxylic acids is 1. The molecule has 0 fully saturated rings. The molecular formula is C15H18IN2O2-. The van der Waals surface area contributed by atoms with Crippen LogP contribution in [-0.2, 0) is 4.79 Å². The molecule has 0 saturated carbocycles. The van der Waals surface area contributed by atoms with Crippen molar-refractivity contribution in [1.82, 2.24) is 5.32 Å². The molecule has 0 radical (unpaired) electrons. The molecule has 0 aliphatic carbocycles. The summed E-state index contributed by atoms with van der Waals surface area (Å²) >= 11 is -0.281. The SMILES string of the molecule is CNC(=O)C1C=C(Oc2ccc([C@H](C)N)cc2)C=C[I-]1. The Labute approximate surface area is 129 Å². The number of ether oxygens (including phenoxy) is 1. The quantitative estimate of drug-likeness (QED) is 0.501. The number of nitrogens with one attached hydrogen (secondary N) is 1. The molecule has 2 atom stereocenters. The van der Waals surface area contributed by atoms with E-state index in [2.05, 4.69) is 9.40 Å². The van der Waals surface area contributed by atoms with Crippen LogP contribution in [-0.4, -0.2) is 16.9 Å². The zero-order chi connectivity index (χ0) is 14.5. The number of halogens is 1. The number of allylic oxidation sites excluding steroid dienone is 1. The average molecular weight is 385 g/mol. The number of alkyl halides is 1. The van der Waals surface area contributed by atoms with Gasteiger partial charge in [0.15, 0.2) is 0 Å². The number of hydrogen-bond acceptors (Lipinski definition) is 3. The molecule has 20 heavy (non-hydrogen) atoms. The number of rotatable bonds is 4. The molecule has 1 aromatic carbocycles.